The summed E-state index contributed by atoms with van der Waals surface area (Å²) in [6.45, 7) is 9.11. The fourth-order valence-corrected chi connectivity index (χ4v) is 9.14. The van der Waals surface area contributed by atoms with Crippen molar-refractivity contribution < 1.29 is 37.5 Å². The first kappa shape index (κ1) is 43.8. The van der Waals surface area contributed by atoms with Gasteiger partial charge >= 0.3 is 0 Å². The molecule has 0 aliphatic carbocycles. The summed E-state index contributed by atoms with van der Waals surface area (Å²) in [6.07, 6.45) is 0.130. The fraction of sp³-hybridized carbons (Fsp3) is 0.442. The minimum atomic E-state index is -1.76. The van der Waals surface area contributed by atoms with E-state index in [9.17, 15) is 5.26 Å². The van der Waals surface area contributed by atoms with Gasteiger partial charge in [0.2, 0.25) is 0 Å². The molecular formula is C43H54N7O8P. The van der Waals surface area contributed by atoms with Crippen molar-refractivity contribution in [2.75, 3.05) is 53.5 Å². The molecule has 5 unspecified atom stereocenters. The second kappa shape index (κ2) is 20.5. The number of rotatable bonds is 21. The molecule has 15 nitrogen and oxygen atoms in total. The molecule has 1 aliphatic heterocycles. The van der Waals surface area contributed by atoms with Crippen LogP contribution in [0.5, 0.6) is 11.5 Å². The quantitative estimate of drug-likeness (QED) is 0.0455. The number of nitrogens with two attached hydrogens (primary N) is 1. The molecule has 6 rings (SSSR count). The Morgan fingerprint density at radius 3 is 2.03 bits per heavy atom. The van der Waals surface area contributed by atoms with Crippen LogP contribution in [0.3, 0.4) is 0 Å². The monoisotopic (exact) mass is 827 g/mol. The molecule has 2 N–H and O–H groups in total. The summed E-state index contributed by atoms with van der Waals surface area (Å²) in [5.41, 5.74) is 8.59. The molecular weight excluding hydrogens is 773 g/mol. The van der Waals surface area contributed by atoms with E-state index in [-0.39, 0.29) is 44.1 Å². The number of fused-ring (bicyclic) bond motifs is 1. The molecule has 2 aromatic heterocycles. The van der Waals surface area contributed by atoms with Crippen molar-refractivity contribution in [2.24, 2.45) is 0 Å². The van der Waals surface area contributed by atoms with Gasteiger partial charge < -0.3 is 43.2 Å². The maximum Gasteiger partial charge on any atom is 0.259 e. The van der Waals surface area contributed by atoms with Gasteiger partial charge in [-0.1, -0.05) is 54.6 Å². The van der Waals surface area contributed by atoms with Gasteiger partial charge in [-0.25, -0.2) is 19.6 Å². The second-order valence-electron chi connectivity index (χ2n) is 14.4. The summed E-state index contributed by atoms with van der Waals surface area (Å²) in [5, 5.41) is 9.47. The third-order valence-corrected chi connectivity index (χ3v) is 12.2. The van der Waals surface area contributed by atoms with Crippen molar-refractivity contribution in [3.63, 3.8) is 0 Å². The zero-order chi connectivity index (χ0) is 41.9. The highest BCUT2D eigenvalue weighted by Gasteiger charge is 2.51. The van der Waals surface area contributed by atoms with Gasteiger partial charge in [-0.3, -0.25) is 4.57 Å². The molecule has 0 amide bonds. The highest BCUT2D eigenvalue weighted by atomic mass is 31.2. The smallest absolute Gasteiger partial charge is 0.259 e. The zero-order valence-corrected chi connectivity index (χ0v) is 35.5. The number of methoxy groups -OCH3 is 3. The Balaban J connectivity index is 1.50. The van der Waals surface area contributed by atoms with E-state index in [4.69, 9.17) is 43.2 Å². The Morgan fingerprint density at radius 2 is 1.46 bits per heavy atom. The predicted octanol–water partition coefficient (Wildman–Crippen LogP) is 7.02. The van der Waals surface area contributed by atoms with E-state index in [1.165, 1.54) is 6.33 Å². The average molecular weight is 828 g/mol. The molecule has 314 valence electrons. The van der Waals surface area contributed by atoms with E-state index < -0.39 is 38.7 Å². The molecule has 5 aromatic rings. The van der Waals surface area contributed by atoms with Crippen LogP contribution >= 0.6 is 8.53 Å². The van der Waals surface area contributed by atoms with Gasteiger partial charge in [-0.2, -0.15) is 5.26 Å². The fourth-order valence-electron chi connectivity index (χ4n) is 7.37. The van der Waals surface area contributed by atoms with Crippen LogP contribution in [0.15, 0.2) is 91.5 Å². The number of aromatic nitrogens is 4. The van der Waals surface area contributed by atoms with E-state index in [0.29, 0.717) is 29.3 Å². The van der Waals surface area contributed by atoms with E-state index in [1.54, 1.807) is 32.2 Å². The average Bonchev–Trinajstić information content (AvgIpc) is 3.83. The molecule has 16 heteroatoms. The zero-order valence-electron chi connectivity index (χ0n) is 34.6. The second-order valence-corrected chi connectivity index (χ2v) is 15.8. The standard InChI is InChI=1S/C43H54N7O8P/c1-29(2)50(30(3)4)59(56-23-11-22-44)58-38-36(57-42(39(38)54-25-24-51-5)49-28-48-37-40(45)46-27-47-41(37)49)26-55-43(31-12-9-8-10-13-31,32-14-18-34(52-6)19-15-32)33-16-20-35(53-7)21-17-33/h8-10,12-21,27-30,36,38-39,42H,11,23-26H2,1-7H3,(H2,45,46,47). The van der Waals surface area contributed by atoms with Crippen molar-refractivity contribution in [3.05, 3.63) is 108 Å². The van der Waals surface area contributed by atoms with Crippen molar-refractivity contribution in [1.82, 2.24) is 24.2 Å². The Morgan fingerprint density at radius 1 is 0.831 bits per heavy atom. The minimum Gasteiger partial charge on any atom is -0.497 e. The van der Waals surface area contributed by atoms with Crippen LogP contribution in [-0.4, -0.2) is 102 Å². The molecule has 3 aromatic carbocycles. The normalized spacial score (nSPS) is 18.8. The molecule has 1 saturated heterocycles. The minimum absolute atomic E-state index is 0.0206. The lowest BCUT2D eigenvalue weighted by atomic mass is 9.80. The summed E-state index contributed by atoms with van der Waals surface area (Å²) < 4.78 is 55.3. The Kier molecular flexibility index (Phi) is 15.2. The van der Waals surface area contributed by atoms with E-state index in [1.807, 2.05) is 78.9 Å². The Bertz CT molecular complexity index is 2040. The number of nitrogens with zero attached hydrogens (tertiary/aromatic N) is 6. The van der Waals surface area contributed by atoms with Gasteiger partial charge in [0.05, 0.1) is 59.5 Å². The summed E-state index contributed by atoms with van der Waals surface area (Å²) in [5.74, 6) is 1.65. The molecule has 5 atom stereocenters. The van der Waals surface area contributed by atoms with Crippen molar-refractivity contribution >= 4 is 25.5 Å². The van der Waals surface area contributed by atoms with E-state index in [0.717, 1.165) is 16.7 Å². The topological polar surface area (TPSA) is 170 Å². The molecule has 0 saturated carbocycles. The highest BCUT2D eigenvalue weighted by Crippen LogP contribution is 2.51. The summed E-state index contributed by atoms with van der Waals surface area (Å²) in [6, 6.07) is 28.0. The predicted molar refractivity (Wildman–Crippen MR) is 224 cm³/mol. The van der Waals surface area contributed by atoms with Gasteiger partial charge in [-0.05, 0) is 68.7 Å². The van der Waals surface area contributed by atoms with Crippen LogP contribution in [-0.2, 0) is 33.6 Å². The first-order chi connectivity index (χ1) is 28.7. The molecule has 1 aliphatic rings. The van der Waals surface area contributed by atoms with Gasteiger partial charge in [0, 0.05) is 19.2 Å². The maximum atomic E-state index is 9.47. The van der Waals surface area contributed by atoms with Crippen LogP contribution in [0.4, 0.5) is 5.82 Å². The van der Waals surface area contributed by atoms with Crippen molar-refractivity contribution in [1.29, 1.82) is 5.26 Å². The third-order valence-electron chi connectivity index (χ3n) is 10.1. The largest absolute Gasteiger partial charge is 0.497 e. The van der Waals surface area contributed by atoms with Crippen LogP contribution in [0.2, 0.25) is 0 Å². The van der Waals surface area contributed by atoms with Crippen LogP contribution in [0.25, 0.3) is 11.2 Å². The highest BCUT2D eigenvalue weighted by molar-refractivity contribution is 7.44. The van der Waals surface area contributed by atoms with Crippen LogP contribution in [0, 0.1) is 11.3 Å². The number of nitrogen functional groups attached to an aromatic ring is 1. The SMILES string of the molecule is COCCOC1C(OP(OCCC#N)N(C(C)C)C(C)C)C(COC(c2ccccc2)(c2ccc(OC)cc2)c2ccc(OC)cc2)OC1n1cnc2c(N)ncnc21. The molecule has 0 spiro atoms. The summed E-state index contributed by atoms with van der Waals surface area (Å²) >= 11 is 0. The van der Waals surface area contributed by atoms with Gasteiger partial charge in [0.15, 0.2) is 17.7 Å². The Hall–Kier alpha value is -4.75. The van der Waals surface area contributed by atoms with Gasteiger partial charge in [0.25, 0.3) is 8.53 Å². The van der Waals surface area contributed by atoms with Crippen LogP contribution < -0.4 is 15.2 Å². The molecule has 1 fully saturated rings. The van der Waals surface area contributed by atoms with E-state index >= 15 is 0 Å². The van der Waals surface area contributed by atoms with Gasteiger partial charge in [-0.15, -0.1) is 0 Å². The molecule has 59 heavy (non-hydrogen) atoms. The number of imidazole rings is 1. The maximum absolute atomic E-state index is 9.47. The number of anilines is 1. The third kappa shape index (κ3) is 9.67. The van der Waals surface area contributed by atoms with Crippen molar-refractivity contribution in [2.45, 2.75) is 76.3 Å². The lowest BCUT2D eigenvalue weighted by Crippen LogP contribution is -2.43. The lowest BCUT2D eigenvalue weighted by molar-refractivity contribution is -0.0966. The molecule has 3 heterocycles. The molecule has 0 bridgehead atoms. The Labute approximate surface area is 347 Å². The number of hydrogen-bond acceptors (Lipinski definition) is 14. The van der Waals surface area contributed by atoms with Crippen molar-refractivity contribution in [3.8, 4) is 17.6 Å². The number of benzene rings is 3. The van der Waals surface area contributed by atoms with Gasteiger partial charge in [0.1, 0.15) is 47.3 Å². The van der Waals surface area contributed by atoms with Crippen LogP contribution in [0.1, 0.15) is 57.0 Å². The first-order valence-corrected chi connectivity index (χ1v) is 20.7. The van der Waals surface area contributed by atoms with E-state index in [2.05, 4.69) is 53.4 Å². The number of hydrogen-bond donors (Lipinski definition) is 1. The first-order valence-electron chi connectivity index (χ1n) is 19.6. The summed E-state index contributed by atoms with van der Waals surface area (Å²) in [7, 11) is 3.14. The number of ether oxygens (including phenoxy) is 6. The summed E-state index contributed by atoms with van der Waals surface area (Å²) in [4.78, 5) is 13.3. The molecule has 0 radical (unpaired) electrons. The lowest BCUT2D eigenvalue weighted by Gasteiger charge is -2.39. The number of nitriles is 1.